The van der Waals surface area contributed by atoms with E-state index in [4.69, 9.17) is 20.8 Å². The van der Waals surface area contributed by atoms with E-state index in [2.05, 4.69) is 20.2 Å². The van der Waals surface area contributed by atoms with Crippen LogP contribution in [0.2, 0.25) is 5.02 Å². The number of halogens is 4. The molecule has 0 bridgehead atoms. The van der Waals surface area contributed by atoms with Crippen molar-refractivity contribution >= 4 is 11.6 Å². The smallest absolute Gasteiger partial charge is 0.407 e. The first-order valence-electron chi connectivity index (χ1n) is 12.5. The number of hydrogen-bond acceptors (Lipinski definition) is 7. The summed E-state index contributed by atoms with van der Waals surface area (Å²) in [7, 11) is 0. The maximum absolute atomic E-state index is 12.8. The Morgan fingerprint density at radius 3 is 2.50 bits per heavy atom. The van der Waals surface area contributed by atoms with Gasteiger partial charge in [0.2, 0.25) is 0 Å². The lowest BCUT2D eigenvalue weighted by molar-refractivity contribution is -0.146. The predicted molar refractivity (Wildman–Crippen MR) is 128 cm³/mol. The van der Waals surface area contributed by atoms with Crippen LogP contribution in [-0.2, 0) is 11.2 Å². The van der Waals surface area contributed by atoms with Crippen molar-refractivity contribution in [2.45, 2.75) is 75.4 Å². The summed E-state index contributed by atoms with van der Waals surface area (Å²) < 4.78 is 50.4. The van der Waals surface area contributed by atoms with Crippen LogP contribution < -0.4 is 0 Å². The zero-order valence-corrected chi connectivity index (χ0v) is 21.0. The molecule has 2 aromatic rings. The van der Waals surface area contributed by atoms with Gasteiger partial charge in [0.05, 0.1) is 25.5 Å². The van der Waals surface area contributed by atoms with Gasteiger partial charge in [-0.3, -0.25) is 9.91 Å². The third-order valence-corrected chi connectivity index (χ3v) is 7.67. The summed E-state index contributed by atoms with van der Waals surface area (Å²) in [5.41, 5.74) is 1.18. The van der Waals surface area contributed by atoms with E-state index >= 15 is 0 Å². The van der Waals surface area contributed by atoms with Crippen molar-refractivity contribution in [1.82, 2.24) is 14.9 Å². The van der Waals surface area contributed by atoms with E-state index in [0.29, 0.717) is 30.1 Å². The number of aromatic nitrogens is 1. The number of benzene rings is 1. The third kappa shape index (κ3) is 6.20. The summed E-state index contributed by atoms with van der Waals surface area (Å²) in [6, 6.07) is 7.97. The first kappa shape index (κ1) is 25.5. The van der Waals surface area contributed by atoms with Crippen LogP contribution in [0.4, 0.5) is 13.2 Å². The van der Waals surface area contributed by atoms with Crippen molar-refractivity contribution < 1.29 is 22.3 Å². The van der Waals surface area contributed by atoms with E-state index < -0.39 is 18.8 Å². The second kappa shape index (κ2) is 10.7. The average Bonchev–Trinajstić information content (AvgIpc) is 3.49. The highest BCUT2D eigenvalue weighted by Crippen LogP contribution is 2.37. The van der Waals surface area contributed by atoms with E-state index in [9.17, 15) is 13.2 Å². The van der Waals surface area contributed by atoms with Gasteiger partial charge < -0.3 is 9.15 Å². The summed E-state index contributed by atoms with van der Waals surface area (Å²) in [6.45, 7) is 2.06. The minimum absolute atomic E-state index is 0.121. The highest BCUT2D eigenvalue weighted by atomic mass is 35.5. The molecule has 7 nitrogen and oxygen atoms in total. The Bertz CT molecular complexity index is 1040. The molecule has 36 heavy (non-hydrogen) atoms. The van der Waals surface area contributed by atoms with Crippen molar-refractivity contribution in [3.8, 4) is 0 Å². The van der Waals surface area contributed by atoms with E-state index in [-0.39, 0.29) is 18.7 Å². The maximum atomic E-state index is 12.8. The topological polar surface area (TPSA) is 66.5 Å². The summed E-state index contributed by atoms with van der Waals surface area (Å²) >= 11 is 6.07. The quantitative estimate of drug-likeness (QED) is 0.492. The van der Waals surface area contributed by atoms with Crippen LogP contribution in [0.25, 0.3) is 0 Å². The van der Waals surface area contributed by atoms with Crippen LogP contribution in [0.3, 0.4) is 0 Å². The molecule has 0 spiro atoms. The normalized spacial score (nSPS) is 29.7. The van der Waals surface area contributed by atoms with Gasteiger partial charge in [0, 0.05) is 29.6 Å². The van der Waals surface area contributed by atoms with E-state index in [0.717, 1.165) is 48.8 Å². The summed E-state index contributed by atoms with van der Waals surface area (Å²) in [5.74, 6) is 1.97. The summed E-state index contributed by atoms with van der Waals surface area (Å²) in [5, 5.41) is 9.59. The van der Waals surface area contributed by atoms with Gasteiger partial charge in [-0.15, -0.1) is 0 Å². The molecule has 1 aromatic heterocycles. The van der Waals surface area contributed by atoms with Gasteiger partial charge >= 0.3 is 6.18 Å². The summed E-state index contributed by atoms with van der Waals surface area (Å²) in [4.78, 5) is 6.93. The second-order valence-electron chi connectivity index (χ2n) is 10.1. The molecule has 1 aliphatic carbocycles. The molecule has 0 amide bonds. The number of hydrogen-bond donors (Lipinski definition) is 0. The number of rotatable bonds is 6. The number of nitrogens with zero attached hydrogens (tertiary/aromatic N) is 5. The van der Waals surface area contributed by atoms with Gasteiger partial charge in [-0.25, -0.2) is 4.98 Å². The molecule has 11 heteroatoms. The Kier molecular flexibility index (Phi) is 7.55. The monoisotopic (exact) mass is 525 g/mol. The van der Waals surface area contributed by atoms with Crippen LogP contribution >= 0.6 is 11.6 Å². The van der Waals surface area contributed by atoms with Crippen molar-refractivity contribution in [1.29, 1.82) is 0 Å². The van der Waals surface area contributed by atoms with Gasteiger partial charge in [-0.2, -0.15) is 18.3 Å². The van der Waals surface area contributed by atoms with Gasteiger partial charge in [-0.1, -0.05) is 29.0 Å². The molecule has 0 N–H and O–H groups in total. The fourth-order valence-corrected chi connectivity index (χ4v) is 5.75. The fraction of sp³-hybridized carbons (Fsp3) is 0.640. The largest absolute Gasteiger partial charge is 0.446 e. The van der Waals surface area contributed by atoms with Crippen LogP contribution in [0.5, 0.6) is 0 Å². The fourth-order valence-electron chi connectivity index (χ4n) is 5.63. The van der Waals surface area contributed by atoms with Crippen molar-refractivity contribution in [3.63, 3.8) is 0 Å². The lowest BCUT2D eigenvalue weighted by Crippen LogP contribution is -2.58. The third-order valence-electron chi connectivity index (χ3n) is 7.42. The van der Waals surface area contributed by atoms with Crippen LogP contribution in [0.1, 0.15) is 48.8 Å². The number of aryl methyl sites for hydroxylation is 1. The Hall–Kier alpha value is -2.17. The first-order chi connectivity index (χ1) is 17.2. The predicted octanol–water partition coefficient (Wildman–Crippen LogP) is 5.59. The Balaban J connectivity index is 1.26. The zero-order valence-electron chi connectivity index (χ0n) is 20.2. The maximum Gasteiger partial charge on any atom is 0.407 e. The second-order valence-corrected chi connectivity index (χ2v) is 10.5. The molecule has 2 fully saturated rings. The van der Waals surface area contributed by atoms with Crippen LogP contribution in [0, 0.1) is 6.92 Å². The van der Waals surface area contributed by atoms with Crippen molar-refractivity contribution in [3.05, 3.63) is 52.7 Å². The molecule has 5 rings (SSSR count). The van der Waals surface area contributed by atoms with Crippen LogP contribution in [-0.4, -0.2) is 71.5 Å². The summed E-state index contributed by atoms with van der Waals surface area (Å²) in [6.07, 6.45) is 1.97. The lowest BCUT2D eigenvalue weighted by atomic mass is 9.84. The van der Waals surface area contributed by atoms with E-state index in [1.54, 1.807) is 6.20 Å². The van der Waals surface area contributed by atoms with Crippen molar-refractivity contribution in [2.75, 3.05) is 26.2 Å². The van der Waals surface area contributed by atoms with E-state index in [1.165, 1.54) is 5.56 Å². The first-order valence-corrected chi connectivity index (χ1v) is 12.9. The van der Waals surface area contributed by atoms with Gasteiger partial charge in [0.25, 0.3) is 0 Å². The molecule has 0 radical (unpaired) electrons. The molecule has 1 unspecified atom stereocenters. The Morgan fingerprint density at radius 2 is 1.83 bits per heavy atom. The number of alkyl halides is 3. The standard InChI is InChI=1S/C25H31ClF3N5O2/c1-16-11-30-24(36-16)18-4-8-20(9-5-18)34-13-23(22-12-33(32-31-22)15-25(27,28)29)35-14-21(34)10-17-2-6-19(26)7-3-17/h2-3,6-7,11,18,20-23H,4-5,8-10,12-15H2,1H3/t18?,20?,21-,22?,23+/m0/s1. The van der Waals surface area contributed by atoms with Gasteiger partial charge in [0.15, 0.2) is 5.89 Å². The lowest BCUT2D eigenvalue weighted by Gasteiger charge is -2.46. The van der Waals surface area contributed by atoms with Crippen molar-refractivity contribution in [2.24, 2.45) is 10.3 Å². The average molecular weight is 526 g/mol. The Labute approximate surface area is 213 Å². The molecule has 3 heterocycles. The Morgan fingerprint density at radius 1 is 1.08 bits per heavy atom. The van der Waals surface area contributed by atoms with Crippen LogP contribution in [0.15, 0.2) is 45.2 Å². The molecule has 1 saturated heterocycles. The molecule has 196 valence electrons. The minimum Gasteiger partial charge on any atom is -0.446 e. The molecule has 2 aliphatic heterocycles. The zero-order chi connectivity index (χ0) is 25.3. The molecule has 1 saturated carbocycles. The minimum atomic E-state index is -4.31. The SMILES string of the molecule is Cc1cnc(C2CCC(N3C[C@H](C4CN(CC(F)(F)F)N=N4)OC[C@@H]3Cc3ccc(Cl)cc3)CC2)o1. The molecular weight excluding hydrogens is 495 g/mol. The molecule has 3 atom stereocenters. The van der Waals surface area contributed by atoms with Gasteiger partial charge in [-0.05, 0) is 56.7 Å². The number of ether oxygens (including phenoxy) is 1. The highest BCUT2D eigenvalue weighted by molar-refractivity contribution is 6.30. The molecular formula is C25H31ClF3N5O2. The molecule has 1 aromatic carbocycles. The van der Waals surface area contributed by atoms with E-state index in [1.807, 2.05) is 31.2 Å². The molecule has 3 aliphatic rings. The number of oxazole rings is 1. The van der Waals surface area contributed by atoms with Gasteiger partial charge in [0.1, 0.15) is 18.3 Å². The number of morpholine rings is 1. The highest BCUT2D eigenvalue weighted by Gasteiger charge is 2.42.